The molecule has 0 spiro atoms. The van der Waals surface area contributed by atoms with Crippen molar-refractivity contribution >= 4 is 43.6 Å². The van der Waals surface area contributed by atoms with Gasteiger partial charge in [0.15, 0.2) is 0 Å². The molecule has 0 bridgehead atoms. The molecule has 6 aromatic carbocycles. The van der Waals surface area contributed by atoms with Crippen molar-refractivity contribution in [2.45, 2.75) is 130 Å². The van der Waals surface area contributed by atoms with Crippen LogP contribution in [0.1, 0.15) is 90.1 Å². The van der Waals surface area contributed by atoms with Gasteiger partial charge in [0.05, 0.1) is 39.5 Å². The SMILES string of the molecule is CC(C)(C)c1ccc(N2C(c3cc(C(C)(C)C)cc(C(C)(C)C)c3O)=NC3C(c4[c-]c(-c5cc(-c6ccccc6)ccn5)cc(-c5c([Si](C)(C)C)cccc5[Si](C)(C)C)c4)=CC=CC32)c(-c2ccccc2)c1.[Pt]. The van der Waals surface area contributed by atoms with E-state index in [4.69, 9.17) is 9.98 Å². The standard InChI is InChI=1S/C66H74N3OSi2.Pt/c1-64(2,3)49-32-33-56(52(40-49)44-26-20-17-21-27-44)69-57-29-22-28-51(61(57)68-63(69)53-41-50(65(4,5)6)42-54(62(53)70)66(7,8)9)46-36-47(55-39-45(34-35-67-55)43-24-18-16-19-25-43)38-48(37-46)60-58(71(10,11)12)30-23-31-59(60)72(13,14)15;/h16-35,37-42,57,61,70H,1-15H3;/q-1;. The molecule has 7 heteroatoms. The van der Waals surface area contributed by atoms with Gasteiger partial charge in [-0.1, -0.05) is 244 Å². The predicted molar refractivity (Wildman–Crippen MR) is 315 cm³/mol. The molecule has 0 saturated carbocycles. The first-order valence-electron chi connectivity index (χ1n) is 25.9. The van der Waals surface area contributed by atoms with E-state index in [1.165, 1.54) is 27.1 Å². The van der Waals surface area contributed by atoms with Crippen molar-refractivity contribution in [2.75, 3.05) is 4.90 Å². The van der Waals surface area contributed by atoms with Gasteiger partial charge < -0.3 is 10.0 Å². The molecule has 2 atom stereocenters. The van der Waals surface area contributed by atoms with Gasteiger partial charge in [0.25, 0.3) is 0 Å². The van der Waals surface area contributed by atoms with Gasteiger partial charge in [0.1, 0.15) is 11.6 Å². The second-order valence-corrected chi connectivity index (χ2v) is 35.3. The van der Waals surface area contributed by atoms with Gasteiger partial charge in [0.2, 0.25) is 0 Å². The Morgan fingerprint density at radius 1 is 0.562 bits per heavy atom. The molecular formula is C66H74N3OPtSi2-. The number of aliphatic imine (C=N–C) groups is 1. The Hall–Kier alpha value is -5.66. The van der Waals surface area contributed by atoms with E-state index >= 15 is 0 Å². The van der Waals surface area contributed by atoms with Crippen LogP contribution in [0.2, 0.25) is 39.3 Å². The van der Waals surface area contributed by atoms with Crippen LogP contribution >= 0.6 is 0 Å². The Labute approximate surface area is 453 Å². The van der Waals surface area contributed by atoms with Crippen LogP contribution in [0.3, 0.4) is 0 Å². The smallest absolute Gasteiger partial charge is 0.139 e. The molecule has 2 heterocycles. The fourth-order valence-electron chi connectivity index (χ4n) is 10.5. The van der Waals surface area contributed by atoms with Crippen LogP contribution in [0.4, 0.5) is 5.69 Å². The van der Waals surface area contributed by atoms with Crippen LogP contribution in [0.15, 0.2) is 163 Å². The number of nitrogens with zero attached hydrogens (tertiary/aromatic N) is 3. The Kier molecular flexibility index (Phi) is 14.6. The molecule has 1 aromatic heterocycles. The molecule has 4 nitrogen and oxygen atoms in total. The van der Waals surface area contributed by atoms with Crippen LogP contribution in [0, 0.1) is 6.07 Å². The first-order valence-corrected chi connectivity index (χ1v) is 32.9. The fourth-order valence-corrected chi connectivity index (χ4v) is 13.8. The van der Waals surface area contributed by atoms with E-state index in [1.54, 1.807) is 0 Å². The third-order valence-corrected chi connectivity index (χ3v) is 18.6. The van der Waals surface area contributed by atoms with Crippen LogP contribution in [0.5, 0.6) is 5.75 Å². The summed E-state index contributed by atoms with van der Waals surface area (Å²) in [5.41, 5.74) is 15.5. The van der Waals surface area contributed by atoms with Crippen LogP contribution in [-0.4, -0.2) is 44.2 Å². The Morgan fingerprint density at radius 2 is 1.15 bits per heavy atom. The minimum Gasteiger partial charge on any atom is -0.507 e. The molecule has 1 N–H and O–H groups in total. The largest absolute Gasteiger partial charge is 0.507 e. The van der Waals surface area contributed by atoms with E-state index in [9.17, 15) is 5.11 Å². The zero-order valence-electron chi connectivity index (χ0n) is 45.8. The number of hydrogen-bond donors (Lipinski definition) is 1. The Bertz CT molecular complexity index is 3250. The number of rotatable bonds is 9. The summed E-state index contributed by atoms with van der Waals surface area (Å²) >= 11 is 0. The molecule has 73 heavy (non-hydrogen) atoms. The van der Waals surface area contributed by atoms with Crippen molar-refractivity contribution in [1.29, 1.82) is 0 Å². The molecular weight excluding hydrogens is 1100 g/mol. The average molecular weight is 1180 g/mol. The summed E-state index contributed by atoms with van der Waals surface area (Å²) in [6.45, 7) is 35.0. The number of fused-ring (bicyclic) bond motifs is 1. The van der Waals surface area contributed by atoms with Gasteiger partial charge in [-0.3, -0.25) is 9.98 Å². The normalized spacial score (nSPS) is 16.2. The minimum absolute atomic E-state index is 0. The monoisotopic (exact) mass is 1180 g/mol. The molecule has 7 aromatic rings. The quantitative estimate of drug-likeness (QED) is 0.116. The Morgan fingerprint density at radius 3 is 1.74 bits per heavy atom. The third kappa shape index (κ3) is 10.8. The number of allylic oxidation sites excluding steroid dienone is 2. The van der Waals surface area contributed by atoms with E-state index < -0.39 is 16.1 Å². The maximum absolute atomic E-state index is 12.8. The number of benzene rings is 6. The first kappa shape index (κ1) is 53.6. The van der Waals surface area contributed by atoms with Crippen molar-refractivity contribution in [3.63, 3.8) is 0 Å². The van der Waals surface area contributed by atoms with E-state index in [-0.39, 0.29) is 55.1 Å². The summed E-state index contributed by atoms with van der Waals surface area (Å²) in [6.07, 6.45) is 8.73. The molecule has 2 unspecified atom stereocenters. The Balaban J connectivity index is 0.00000711. The van der Waals surface area contributed by atoms with Gasteiger partial charge >= 0.3 is 0 Å². The second-order valence-electron chi connectivity index (χ2n) is 25.3. The molecule has 1 aliphatic carbocycles. The number of pyridine rings is 1. The topological polar surface area (TPSA) is 48.7 Å². The zero-order valence-corrected chi connectivity index (χ0v) is 50.0. The second kappa shape index (κ2) is 19.9. The molecule has 0 saturated heterocycles. The summed E-state index contributed by atoms with van der Waals surface area (Å²) in [7, 11) is -3.73. The van der Waals surface area contributed by atoms with Gasteiger partial charge in [0, 0.05) is 44.1 Å². The fraction of sp³-hybridized carbons (Fsp3) is 0.303. The molecule has 1 aliphatic heterocycles. The molecule has 9 rings (SSSR count). The number of aromatic nitrogens is 1. The van der Waals surface area contributed by atoms with E-state index in [0.717, 1.165) is 72.9 Å². The van der Waals surface area contributed by atoms with Gasteiger partial charge in [-0.2, -0.15) is 0 Å². The predicted octanol–water partition coefficient (Wildman–Crippen LogP) is 15.9. The van der Waals surface area contributed by atoms with Crippen molar-refractivity contribution < 1.29 is 26.2 Å². The van der Waals surface area contributed by atoms with Crippen LogP contribution in [-0.2, 0) is 37.3 Å². The van der Waals surface area contributed by atoms with Crippen molar-refractivity contribution in [2.24, 2.45) is 4.99 Å². The first-order chi connectivity index (χ1) is 33.8. The molecule has 0 fully saturated rings. The molecule has 378 valence electrons. The van der Waals surface area contributed by atoms with Crippen molar-refractivity contribution in [3.05, 3.63) is 192 Å². The van der Waals surface area contributed by atoms with Crippen molar-refractivity contribution in [1.82, 2.24) is 4.98 Å². The molecule has 0 amide bonds. The number of phenols is 1. The maximum Gasteiger partial charge on any atom is 0.139 e. The van der Waals surface area contributed by atoms with Crippen molar-refractivity contribution in [3.8, 4) is 50.4 Å². The van der Waals surface area contributed by atoms with E-state index in [0.29, 0.717) is 0 Å². The van der Waals surface area contributed by atoms with Crippen LogP contribution < -0.4 is 15.3 Å². The minimum atomic E-state index is -1.87. The summed E-state index contributed by atoms with van der Waals surface area (Å²) in [4.78, 5) is 13.4. The number of phenolic OH excluding ortho intramolecular Hbond substituents is 1. The molecule has 0 radical (unpaired) electrons. The summed E-state index contributed by atoms with van der Waals surface area (Å²) in [6, 6.07) is 52.3. The third-order valence-electron chi connectivity index (χ3n) is 14.5. The van der Waals surface area contributed by atoms with E-state index in [2.05, 4.69) is 264 Å². The number of hydrogen-bond acceptors (Lipinski definition) is 4. The summed E-state index contributed by atoms with van der Waals surface area (Å²) in [5, 5.41) is 15.7. The van der Waals surface area contributed by atoms with E-state index in [1.807, 2.05) is 6.20 Å². The van der Waals surface area contributed by atoms with Crippen LogP contribution in [0.25, 0.3) is 50.2 Å². The summed E-state index contributed by atoms with van der Waals surface area (Å²) in [5.74, 6) is 1.04. The number of amidine groups is 1. The average Bonchev–Trinajstić information content (AvgIpc) is 3.72. The van der Waals surface area contributed by atoms with Gasteiger partial charge in [-0.25, -0.2) is 0 Å². The van der Waals surface area contributed by atoms with Gasteiger partial charge in [-0.15, -0.1) is 23.8 Å². The van der Waals surface area contributed by atoms with Gasteiger partial charge in [-0.05, 0) is 73.9 Å². The maximum atomic E-state index is 12.8. The molecule has 2 aliphatic rings. The number of aromatic hydroxyl groups is 1. The number of anilines is 1. The summed E-state index contributed by atoms with van der Waals surface area (Å²) < 4.78 is 0. The zero-order chi connectivity index (χ0) is 51.7.